The Morgan fingerprint density at radius 3 is 2.79 bits per heavy atom. The van der Waals surface area contributed by atoms with Gasteiger partial charge in [0.1, 0.15) is 0 Å². The standard InChI is InChI=1S/C15H24N2OS/c1-10-8-13(19-11(10)2)14(17-16)12-4-7-18-15(9-12)5-3-6-15/h8,12,14,17H,3-7,9,16H2,1-2H3. The Balaban J connectivity index is 1.77. The number of hydrogen-bond donors (Lipinski definition) is 2. The Morgan fingerprint density at radius 2 is 2.26 bits per heavy atom. The molecule has 3 rings (SSSR count). The molecule has 0 bridgehead atoms. The summed E-state index contributed by atoms with van der Waals surface area (Å²) in [4.78, 5) is 2.79. The number of ether oxygens (including phenoxy) is 1. The van der Waals surface area contributed by atoms with Gasteiger partial charge in [0.05, 0.1) is 11.6 Å². The van der Waals surface area contributed by atoms with Gasteiger partial charge in [-0.2, -0.15) is 0 Å². The summed E-state index contributed by atoms with van der Waals surface area (Å²) in [5, 5.41) is 0. The Labute approximate surface area is 119 Å². The number of hydrazine groups is 1. The zero-order chi connectivity index (χ0) is 13.5. The minimum atomic E-state index is 0.194. The second-order valence-electron chi connectivity index (χ2n) is 6.17. The first-order valence-corrected chi connectivity index (χ1v) is 8.12. The number of nitrogens with one attached hydrogen (secondary N) is 1. The number of aryl methyl sites for hydroxylation is 2. The maximum absolute atomic E-state index is 6.03. The van der Waals surface area contributed by atoms with E-state index < -0.39 is 0 Å². The molecular formula is C15H24N2OS. The van der Waals surface area contributed by atoms with Crippen molar-refractivity contribution in [2.24, 2.45) is 11.8 Å². The summed E-state index contributed by atoms with van der Waals surface area (Å²) in [6.45, 7) is 5.26. The van der Waals surface area contributed by atoms with Crippen molar-refractivity contribution in [2.45, 2.75) is 57.6 Å². The van der Waals surface area contributed by atoms with Gasteiger partial charge in [-0.15, -0.1) is 11.3 Å². The SMILES string of the molecule is Cc1cc(C(NN)C2CCOC3(CCC3)C2)sc1C. The molecule has 0 aromatic carbocycles. The topological polar surface area (TPSA) is 47.3 Å². The molecule has 0 amide bonds. The molecule has 4 heteroatoms. The van der Waals surface area contributed by atoms with Crippen molar-refractivity contribution in [3.05, 3.63) is 21.4 Å². The third-order valence-corrected chi connectivity index (χ3v) is 6.17. The highest BCUT2D eigenvalue weighted by atomic mass is 32.1. The Hall–Kier alpha value is -0.420. The van der Waals surface area contributed by atoms with Gasteiger partial charge >= 0.3 is 0 Å². The lowest BCUT2D eigenvalue weighted by Crippen LogP contribution is -2.48. The smallest absolute Gasteiger partial charge is 0.0686 e. The molecule has 1 aliphatic heterocycles. The summed E-state index contributed by atoms with van der Waals surface area (Å²) >= 11 is 1.88. The highest BCUT2D eigenvalue weighted by Crippen LogP contribution is 2.47. The first-order chi connectivity index (χ1) is 9.13. The summed E-state index contributed by atoms with van der Waals surface area (Å²) in [6.07, 6.45) is 6.09. The number of rotatable bonds is 3. The van der Waals surface area contributed by atoms with E-state index in [9.17, 15) is 0 Å². The molecule has 3 nitrogen and oxygen atoms in total. The van der Waals surface area contributed by atoms with Crippen LogP contribution in [-0.4, -0.2) is 12.2 Å². The van der Waals surface area contributed by atoms with E-state index in [1.165, 1.54) is 34.6 Å². The molecule has 1 saturated heterocycles. The maximum Gasteiger partial charge on any atom is 0.0686 e. The van der Waals surface area contributed by atoms with E-state index >= 15 is 0 Å². The average molecular weight is 280 g/mol. The van der Waals surface area contributed by atoms with Gasteiger partial charge in [-0.3, -0.25) is 11.3 Å². The fraction of sp³-hybridized carbons (Fsp3) is 0.733. The molecule has 1 aliphatic carbocycles. The van der Waals surface area contributed by atoms with Crippen LogP contribution in [0.15, 0.2) is 6.07 Å². The van der Waals surface area contributed by atoms with Crippen LogP contribution in [0.25, 0.3) is 0 Å². The molecule has 3 N–H and O–H groups in total. The van der Waals surface area contributed by atoms with Gasteiger partial charge in [0, 0.05) is 16.4 Å². The van der Waals surface area contributed by atoms with Gasteiger partial charge < -0.3 is 4.74 Å². The van der Waals surface area contributed by atoms with E-state index in [2.05, 4.69) is 25.3 Å². The van der Waals surface area contributed by atoms with Crippen LogP contribution < -0.4 is 11.3 Å². The van der Waals surface area contributed by atoms with E-state index in [4.69, 9.17) is 10.6 Å². The Morgan fingerprint density at radius 1 is 1.47 bits per heavy atom. The molecule has 2 heterocycles. The average Bonchev–Trinajstić information content (AvgIpc) is 2.69. The van der Waals surface area contributed by atoms with Crippen molar-refractivity contribution in [1.82, 2.24) is 5.43 Å². The molecule has 19 heavy (non-hydrogen) atoms. The van der Waals surface area contributed by atoms with E-state index in [0.29, 0.717) is 12.0 Å². The molecule has 2 fully saturated rings. The number of hydrogen-bond acceptors (Lipinski definition) is 4. The van der Waals surface area contributed by atoms with Crippen molar-refractivity contribution in [1.29, 1.82) is 0 Å². The second-order valence-corrected chi connectivity index (χ2v) is 7.46. The van der Waals surface area contributed by atoms with Gasteiger partial charge in [-0.05, 0) is 63.5 Å². The largest absolute Gasteiger partial charge is 0.375 e. The van der Waals surface area contributed by atoms with E-state index in [-0.39, 0.29) is 5.60 Å². The Kier molecular flexibility index (Phi) is 3.69. The van der Waals surface area contributed by atoms with Crippen molar-refractivity contribution >= 4 is 11.3 Å². The molecular weight excluding hydrogens is 256 g/mol. The summed E-state index contributed by atoms with van der Waals surface area (Å²) in [6, 6.07) is 2.59. The molecule has 2 atom stereocenters. The van der Waals surface area contributed by atoms with E-state index in [1.54, 1.807) is 0 Å². The number of nitrogens with two attached hydrogens (primary N) is 1. The van der Waals surface area contributed by atoms with Crippen LogP contribution in [0.4, 0.5) is 0 Å². The van der Waals surface area contributed by atoms with Crippen molar-refractivity contribution in [2.75, 3.05) is 6.61 Å². The Bertz CT molecular complexity index is 433. The molecule has 2 aliphatic rings. The lowest BCUT2D eigenvalue weighted by Gasteiger charge is -2.48. The quantitative estimate of drug-likeness (QED) is 0.660. The second kappa shape index (κ2) is 5.17. The molecule has 1 spiro atoms. The third kappa shape index (κ3) is 2.47. The summed E-state index contributed by atoms with van der Waals surface area (Å²) in [7, 11) is 0. The van der Waals surface area contributed by atoms with Crippen LogP contribution in [0.1, 0.15) is 53.5 Å². The predicted molar refractivity (Wildman–Crippen MR) is 79.1 cm³/mol. The minimum absolute atomic E-state index is 0.194. The highest BCUT2D eigenvalue weighted by molar-refractivity contribution is 7.12. The first kappa shape index (κ1) is 13.6. The summed E-state index contributed by atoms with van der Waals surface area (Å²) in [5.41, 5.74) is 4.64. The van der Waals surface area contributed by atoms with Crippen molar-refractivity contribution in [3.63, 3.8) is 0 Å². The zero-order valence-corrected chi connectivity index (χ0v) is 12.7. The fourth-order valence-electron chi connectivity index (χ4n) is 3.48. The molecule has 2 unspecified atom stereocenters. The van der Waals surface area contributed by atoms with E-state index in [0.717, 1.165) is 19.4 Å². The lowest BCUT2D eigenvalue weighted by molar-refractivity contribution is -0.147. The highest BCUT2D eigenvalue weighted by Gasteiger charge is 2.44. The van der Waals surface area contributed by atoms with Gasteiger partial charge in [-0.1, -0.05) is 0 Å². The lowest BCUT2D eigenvalue weighted by atomic mass is 9.70. The molecule has 0 radical (unpaired) electrons. The van der Waals surface area contributed by atoms with Crippen LogP contribution in [0.3, 0.4) is 0 Å². The van der Waals surface area contributed by atoms with Gasteiger partial charge in [0.2, 0.25) is 0 Å². The van der Waals surface area contributed by atoms with Gasteiger partial charge in [0.25, 0.3) is 0 Å². The van der Waals surface area contributed by atoms with E-state index in [1.807, 2.05) is 11.3 Å². The monoisotopic (exact) mass is 280 g/mol. The van der Waals surface area contributed by atoms with Crippen molar-refractivity contribution < 1.29 is 4.74 Å². The molecule has 106 valence electrons. The fourth-order valence-corrected chi connectivity index (χ4v) is 4.67. The van der Waals surface area contributed by atoms with Gasteiger partial charge in [-0.25, -0.2) is 0 Å². The normalized spacial score (nSPS) is 27.2. The van der Waals surface area contributed by atoms with Crippen LogP contribution in [-0.2, 0) is 4.74 Å². The predicted octanol–water partition coefficient (Wildman–Crippen LogP) is 3.22. The van der Waals surface area contributed by atoms with Crippen LogP contribution in [0.2, 0.25) is 0 Å². The molecule has 1 aromatic heterocycles. The first-order valence-electron chi connectivity index (χ1n) is 7.30. The maximum atomic E-state index is 6.03. The van der Waals surface area contributed by atoms with Crippen molar-refractivity contribution in [3.8, 4) is 0 Å². The zero-order valence-electron chi connectivity index (χ0n) is 11.9. The van der Waals surface area contributed by atoms with Gasteiger partial charge in [0.15, 0.2) is 0 Å². The number of thiophene rings is 1. The molecule has 1 saturated carbocycles. The van der Waals surface area contributed by atoms with Crippen LogP contribution >= 0.6 is 11.3 Å². The third-order valence-electron chi connectivity index (χ3n) is 4.94. The minimum Gasteiger partial charge on any atom is -0.375 e. The summed E-state index contributed by atoms with van der Waals surface area (Å²) in [5.74, 6) is 6.47. The van der Waals surface area contributed by atoms with Crippen LogP contribution in [0, 0.1) is 19.8 Å². The molecule has 1 aromatic rings. The van der Waals surface area contributed by atoms with Crippen LogP contribution in [0.5, 0.6) is 0 Å². The summed E-state index contributed by atoms with van der Waals surface area (Å²) < 4.78 is 6.03.